The first-order valence-electron chi connectivity index (χ1n) is 8.48. The quantitative estimate of drug-likeness (QED) is 0.874. The highest BCUT2D eigenvalue weighted by molar-refractivity contribution is 6.30. The average Bonchev–Trinajstić information content (AvgIpc) is 2.99. The van der Waals surface area contributed by atoms with Crippen LogP contribution in [-0.4, -0.2) is 18.1 Å². The topological polar surface area (TPSA) is 32.3 Å². The van der Waals surface area contributed by atoms with Gasteiger partial charge in [0.05, 0.1) is 6.54 Å². The van der Waals surface area contributed by atoms with Crippen molar-refractivity contribution in [3.05, 3.63) is 70.3 Å². The Labute approximate surface area is 153 Å². The Balaban J connectivity index is 1.83. The van der Waals surface area contributed by atoms with Gasteiger partial charge in [-0.3, -0.25) is 4.79 Å². The third-order valence-corrected chi connectivity index (χ3v) is 5.77. The minimum absolute atomic E-state index is 0.0556. The number of carbonyl (C=O) groups excluding carboxylic acids is 1. The summed E-state index contributed by atoms with van der Waals surface area (Å²) in [6, 6.07) is 14.2. The standard InChI is InChI=1S/C21H21ClN2O/c1-14-4-9-18-17(12-14)20(2,3)21(23-19(25)13-24(18)21)11-10-15-5-7-16(22)8-6-15/h4-12H,13H2,1-3H3,(H,23,25)/b11-10+. The van der Waals surface area contributed by atoms with Gasteiger partial charge >= 0.3 is 0 Å². The number of fused-ring (bicyclic) bond motifs is 3. The van der Waals surface area contributed by atoms with Gasteiger partial charge in [0.25, 0.3) is 0 Å². The molecule has 1 atom stereocenters. The summed E-state index contributed by atoms with van der Waals surface area (Å²) in [5.74, 6) is 0.0556. The normalized spacial score (nSPS) is 23.7. The van der Waals surface area contributed by atoms with Gasteiger partial charge in [-0.2, -0.15) is 0 Å². The lowest BCUT2D eigenvalue weighted by Gasteiger charge is -2.40. The number of halogens is 1. The first kappa shape index (κ1) is 16.2. The van der Waals surface area contributed by atoms with Gasteiger partial charge in [-0.25, -0.2) is 0 Å². The molecule has 2 aromatic carbocycles. The monoisotopic (exact) mass is 352 g/mol. The van der Waals surface area contributed by atoms with Crippen molar-refractivity contribution in [1.82, 2.24) is 5.32 Å². The van der Waals surface area contributed by atoms with Gasteiger partial charge in [-0.1, -0.05) is 61.4 Å². The average molecular weight is 353 g/mol. The van der Waals surface area contributed by atoms with Crippen LogP contribution in [0.25, 0.3) is 6.08 Å². The highest BCUT2D eigenvalue weighted by atomic mass is 35.5. The molecule has 0 radical (unpaired) electrons. The number of carbonyl (C=O) groups is 1. The minimum Gasteiger partial charge on any atom is -0.335 e. The van der Waals surface area contributed by atoms with Crippen LogP contribution in [0.4, 0.5) is 5.69 Å². The fraction of sp³-hybridized carbons (Fsp3) is 0.286. The Morgan fingerprint density at radius 1 is 1.16 bits per heavy atom. The summed E-state index contributed by atoms with van der Waals surface area (Å²) in [5, 5.41) is 3.96. The number of amides is 1. The number of nitrogens with one attached hydrogen (secondary N) is 1. The molecular weight excluding hydrogens is 332 g/mol. The lowest BCUT2D eigenvalue weighted by Crippen LogP contribution is -2.58. The third-order valence-electron chi connectivity index (χ3n) is 5.51. The highest BCUT2D eigenvalue weighted by Gasteiger charge is 2.59. The van der Waals surface area contributed by atoms with E-state index in [1.54, 1.807) is 0 Å². The van der Waals surface area contributed by atoms with Crippen molar-refractivity contribution in [2.75, 3.05) is 11.4 Å². The van der Waals surface area contributed by atoms with E-state index >= 15 is 0 Å². The summed E-state index contributed by atoms with van der Waals surface area (Å²) in [4.78, 5) is 14.5. The van der Waals surface area contributed by atoms with E-state index in [0.29, 0.717) is 6.54 Å². The van der Waals surface area contributed by atoms with Crippen molar-refractivity contribution in [1.29, 1.82) is 0 Å². The smallest absolute Gasteiger partial charge is 0.241 e. The lowest BCUT2D eigenvalue weighted by molar-refractivity contribution is -0.118. The molecule has 2 aliphatic rings. The molecule has 1 amide bonds. The summed E-state index contributed by atoms with van der Waals surface area (Å²) in [7, 11) is 0. The Morgan fingerprint density at radius 3 is 2.60 bits per heavy atom. The van der Waals surface area contributed by atoms with E-state index in [1.165, 1.54) is 11.1 Å². The van der Waals surface area contributed by atoms with Crippen LogP contribution in [0.3, 0.4) is 0 Å². The van der Waals surface area contributed by atoms with E-state index < -0.39 is 5.66 Å². The van der Waals surface area contributed by atoms with Crippen LogP contribution in [0.5, 0.6) is 0 Å². The molecule has 1 N–H and O–H groups in total. The molecule has 2 heterocycles. The van der Waals surface area contributed by atoms with E-state index in [1.807, 2.05) is 24.3 Å². The Hall–Kier alpha value is -2.26. The highest BCUT2D eigenvalue weighted by Crippen LogP contribution is 2.53. The Morgan fingerprint density at radius 2 is 1.88 bits per heavy atom. The summed E-state index contributed by atoms with van der Waals surface area (Å²) in [6.07, 6.45) is 4.19. The van der Waals surface area contributed by atoms with Crippen LogP contribution < -0.4 is 10.2 Å². The van der Waals surface area contributed by atoms with Crippen LogP contribution >= 0.6 is 11.6 Å². The molecule has 25 heavy (non-hydrogen) atoms. The molecule has 0 aromatic heterocycles. The van der Waals surface area contributed by atoms with Crippen molar-refractivity contribution in [2.24, 2.45) is 0 Å². The molecule has 1 unspecified atom stereocenters. The van der Waals surface area contributed by atoms with Crippen LogP contribution in [0.2, 0.25) is 5.02 Å². The Kier molecular flexibility index (Phi) is 3.48. The lowest BCUT2D eigenvalue weighted by atomic mass is 9.75. The summed E-state index contributed by atoms with van der Waals surface area (Å²) >= 11 is 5.98. The van der Waals surface area contributed by atoms with E-state index in [4.69, 9.17) is 11.6 Å². The van der Waals surface area contributed by atoms with Crippen molar-refractivity contribution in [2.45, 2.75) is 31.8 Å². The predicted molar refractivity (Wildman–Crippen MR) is 103 cm³/mol. The second kappa shape index (κ2) is 5.37. The fourth-order valence-electron chi connectivity index (χ4n) is 4.08. The largest absolute Gasteiger partial charge is 0.335 e. The van der Waals surface area contributed by atoms with Crippen LogP contribution in [0.15, 0.2) is 48.5 Å². The molecule has 0 bridgehead atoms. The van der Waals surface area contributed by atoms with Crippen molar-refractivity contribution in [3.8, 4) is 0 Å². The van der Waals surface area contributed by atoms with Crippen molar-refractivity contribution < 1.29 is 4.79 Å². The molecule has 0 saturated carbocycles. The molecule has 0 spiro atoms. The van der Waals surface area contributed by atoms with E-state index in [2.05, 4.69) is 61.3 Å². The first-order valence-corrected chi connectivity index (χ1v) is 8.86. The summed E-state index contributed by atoms with van der Waals surface area (Å²) in [6.45, 7) is 6.88. The number of hydrogen-bond acceptors (Lipinski definition) is 2. The number of nitrogens with zero attached hydrogens (tertiary/aromatic N) is 1. The summed E-state index contributed by atoms with van der Waals surface area (Å²) in [5.41, 5.74) is 3.89. The van der Waals surface area contributed by atoms with Gasteiger partial charge in [0.15, 0.2) is 0 Å². The maximum atomic E-state index is 12.3. The van der Waals surface area contributed by atoms with E-state index in [9.17, 15) is 4.79 Å². The first-order chi connectivity index (χ1) is 11.8. The van der Waals surface area contributed by atoms with Crippen molar-refractivity contribution in [3.63, 3.8) is 0 Å². The number of rotatable bonds is 2. The molecule has 3 nitrogen and oxygen atoms in total. The number of benzene rings is 2. The fourth-order valence-corrected chi connectivity index (χ4v) is 4.20. The molecule has 1 saturated heterocycles. The molecule has 4 rings (SSSR count). The zero-order chi connectivity index (χ0) is 17.8. The zero-order valence-electron chi connectivity index (χ0n) is 14.6. The maximum Gasteiger partial charge on any atom is 0.241 e. The van der Waals surface area contributed by atoms with Gasteiger partial charge < -0.3 is 10.2 Å². The Bertz CT molecular complexity index is 885. The summed E-state index contributed by atoms with van der Waals surface area (Å²) < 4.78 is 0. The van der Waals surface area contributed by atoms with Gasteiger partial charge in [-0.05, 0) is 42.3 Å². The predicted octanol–water partition coefficient (Wildman–Crippen LogP) is 4.29. The van der Waals surface area contributed by atoms with E-state index in [-0.39, 0.29) is 11.3 Å². The van der Waals surface area contributed by atoms with Gasteiger partial charge in [-0.15, -0.1) is 0 Å². The van der Waals surface area contributed by atoms with E-state index in [0.717, 1.165) is 16.3 Å². The number of hydrogen-bond donors (Lipinski definition) is 1. The SMILES string of the molecule is Cc1ccc2c(c1)C(C)(C)C1(/C=C/c3ccc(Cl)cc3)NC(=O)CN21. The van der Waals surface area contributed by atoms with Crippen molar-refractivity contribution >= 4 is 29.3 Å². The third kappa shape index (κ3) is 2.30. The minimum atomic E-state index is -0.556. The molecule has 1 fully saturated rings. The molecule has 2 aromatic rings. The molecule has 4 heteroatoms. The second-order valence-corrected chi connectivity index (χ2v) is 7.87. The zero-order valence-corrected chi connectivity index (χ0v) is 15.4. The van der Waals surface area contributed by atoms with Crippen LogP contribution in [0.1, 0.15) is 30.5 Å². The number of anilines is 1. The van der Waals surface area contributed by atoms with Gasteiger partial charge in [0, 0.05) is 16.1 Å². The second-order valence-electron chi connectivity index (χ2n) is 7.43. The van der Waals surface area contributed by atoms with Crippen LogP contribution in [0, 0.1) is 6.92 Å². The van der Waals surface area contributed by atoms with Gasteiger partial charge in [0.1, 0.15) is 5.66 Å². The van der Waals surface area contributed by atoms with Crippen LogP contribution in [-0.2, 0) is 10.2 Å². The molecular formula is C21H21ClN2O. The number of aryl methyl sites for hydroxylation is 1. The van der Waals surface area contributed by atoms with Gasteiger partial charge in [0.2, 0.25) is 5.91 Å². The maximum absolute atomic E-state index is 12.3. The molecule has 2 aliphatic heterocycles. The molecule has 0 aliphatic carbocycles. The molecule has 128 valence electrons.